The lowest BCUT2D eigenvalue weighted by Gasteiger charge is -2.11. The van der Waals surface area contributed by atoms with E-state index in [0.717, 1.165) is 21.2 Å². The molecule has 3 aromatic rings. The van der Waals surface area contributed by atoms with Crippen LogP contribution in [-0.2, 0) is 22.7 Å². The number of aryl methyl sites for hydroxylation is 1. The van der Waals surface area contributed by atoms with Crippen molar-refractivity contribution in [3.05, 3.63) is 97.4 Å². The first-order chi connectivity index (χ1) is 15.8. The molecule has 0 unspecified atom stereocenters. The zero-order valence-corrected chi connectivity index (χ0v) is 20.7. The number of carbonyl (C=O) groups excluding carboxylic acids is 2. The van der Waals surface area contributed by atoms with Crippen molar-refractivity contribution >= 4 is 57.2 Å². The fourth-order valence-electron chi connectivity index (χ4n) is 2.73. The Morgan fingerprint density at radius 3 is 2.52 bits per heavy atom. The van der Waals surface area contributed by atoms with Gasteiger partial charge in [-0.15, -0.1) is 0 Å². The molecule has 0 aliphatic carbocycles. The monoisotopic (exact) mass is 547 g/mol. The number of amides is 2. The average molecular weight is 549 g/mol. The quantitative estimate of drug-likeness (QED) is 0.235. The van der Waals surface area contributed by atoms with Gasteiger partial charge in [0, 0.05) is 32.2 Å². The highest BCUT2D eigenvalue weighted by molar-refractivity contribution is 9.10. The molecule has 0 aliphatic heterocycles. The first-order valence-corrected chi connectivity index (χ1v) is 11.4. The highest BCUT2D eigenvalue weighted by atomic mass is 79.9. The lowest BCUT2D eigenvalue weighted by atomic mass is 10.1. The van der Waals surface area contributed by atoms with Crippen molar-refractivity contribution in [2.24, 2.45) is 5.10 Å². The lowest BCUT2D eigenvalue weighted by Crippen LogP contribution is -2.37. The van der Waals surface area contributed by atoms with E-state index < -0.39 is 11.8 Å². The van der Waals surface area contributed by atoms with E-state index >= 15 is 0 Å². The molecule has 9 heteroatoms. The van der Waals surface area contributed by atoms with Gasteiger partial charge in [0.25, 0.3) is 0 Å². The molecule has 0 aromatic heterocycles. The van der Waals surface area contributed by atoms with Crippen LogP contribution in [0.2, 0.25) is 10.0 Å². The molecule has 0 fully saturated rings. The molecule has 0 heterocycles. The molecule has 2 amide bonds. The first kappa shape index (κ1) is 24.8. The first-order valence-electron chi connectivity index (χ1n) is 9.85. The smallest absolute Gasteiger partial charge is 0.329 e. The topological polar surface area (TPSA) is 79.8 Å². The van der Waals surface area contributed by atoms with Gasteiger partial charge in [-0.3, -0.25) is 9.59 Å². The van der Waals surface area contributed by atoms with E-state index in [1.807, 2.05) is 37.3 Å². The van der Waals surface area contributed by atoms with Gasteiger partial charge in [0.2, 0.25) is 0 Å². The summed E-state index contributed by atoms with van der Waals surface area (Å²) >= 11 is 15.5. The van der Waals surface area contributed by atoms with Crippen molar-refractivity contribution in [2.75, 3.05) is 0 Å². The third kappa shape index (κ3) is 7.60. The van der Waals surface area contributed by atoms with Crippen LogP contribution in [0.15, 0.2) is 70.2 Å². The molecule has 3 rings (SSSR count). The molecule has 0 radical (unpaired) electrons. The van der Waals surface area contributed by atoms with Gasteiger partial charge in [-0.25, -0.2) is 5.43 Å². The number of hydrogen-bond acceptors (Lipinski definition) is 4. The highest BCUT2D eigenvalue weighted by Gasteiger charge is 2.12. The van der Waals surface area contributed by atoms with Crippen molar-refractivity contribution in [3.8, 4) is 5.75 Å². The third-order valence-corrected chi connectivity index (χ3v) is 5.60. The zero-order valence-electron chi connectivity index (χ0n) is 17.6. The van der Waals surface area contributed by atoms with Crippen LogP contribution in [0.4, 0.5) is 0 Å². The van der Waals surface area contributed by atoms with E-state index in [1.165, 1.54) is 6.21 Å². The minimum Gasteiger partial charge on any atom is -0.488 e. The normalized spacial score (nSPS) is 10.8. The Hall–Kier alpha value is -2.87. The van der Waals surface area contributed by atoms with E-state index in [2.05, 4.69) is 31.8 Å². The van der Waals surface area contributed by atoms with Gasteiger partial charge in [-0.2, -0.15) is 5.10 Å². The molecule has 170 valence electrons. The number of ether oxygens (including phenoxy) is 1. The number of rotatable bonds is 7. The minimum atomic E-state index is -0.872. The summed E-state index contributed by atoms with van der Waals surface area (Å²) in [6.45, 7) is 2.43. The molecule has 33 heavy (non-hydrogen) atoms. The molecule has 0 atom stereocenters. The van der Waals surface area contributed by atoms with E-state index in [-0.39, 0.29) is 13.2 Å². The van der Waals surface area contributed by atoms with Crippen LogP contribution < -0.4 is 15.5 Å². The van der Waals surface area contributed by atoms with Gasteiger partial charge in [0.15, 0.2) is 0 Å². The van der Waals surface area contributed by atoms with Crippen LogP contribution in [0.25, 0.3) is 0 Å². The van der Waals surface area contributed by atoms with Crippen LogP contribution >= 0.6 is 39.1 Å². The van der Waals surface area contributed by atoms with Gasteiger partial charge in [-0.1, -0.05) is 75.0 Å². The molecular formula is C24H20BrCl2N3O3. The maximum Gasteiger partial charge on any atom is 0.329 e. The second-order valence-electron chi connectivity index (χ2n) is 7.07. The fourth-order valence-corrected chi connectivity index (χ4v) is 3.57. The number of carbonyl (C=O) groups is 2. The van der Waals surface area contributed by atoms with Gasteiger partial charge >= 0.3 is 11.8 Å². The molecule has 0 saturated carbocycles. The summed E-state index contributed by atoms with van der Waals surface area (Å²) in [4.78, 5) is 24.0. The van der Waals surface area contributed by atoms with Gasteiger partial charge < -0.3 is 10.1 Å². The molecular weight excluding hydrogens is 529 g/mol. The molecule has 3 aromatic carbocycles. The van der Waals surface area contributed by atoms with Crippen LogP contribution in [-0.4, -0.2) is 18.0 Å². The summed E-state index contributed by atoms with van der Waals surface area (Å²) in [6.07, 6.45) is 1.40. The number of nitrogens with zero attached hydrogens (tertiary/aromatic N) is 1. The molecule has 0 saturated heterocycles. The standard InChI is InChI=1S/C24H20BrCl2N3O3/c1-15-2-4-16(5-3-15)12-28-23(31)24(32)30-29-13-18-10-19(25)7-9-22(18)33-14-17-6-8-20(26)11-21(17)27/h2-11,13H,12,14H2,1H3,(H,28,31)(H,30,32)/b29-13-. The SMILES string of the molecule is Cc1ccc(CNC(=O)C(=O)N/N=C\c2cc(Br)ccc2OCc2ccc(Cl)cc2Cl)cc1. The summed E-state index contributed by atoms with van der Waals surface area (Å²) in [6, 6.07) is 18.1. The van der Waals surface area contributed by atoms with E-state index in [0.29, 0.717) is 21.4 Å². The Morgan fingerprint density at radius 1 is 1.03 bits per heavy atom. The van der Waals surface area contributed by atoms with Crippen molar-refractivity contribution in [2.45, 2.75) is 20.1 Å². The molecule has 2 N–H and O–H groups in total. The predicted molar refractivity (Wildman–Crippen MR) is 134 cm³/mol. The molecule has 0 bridgehead atoms. The van der Waals surface area contributed by atoms with Crippen LogP contribution in [0.1, 0.15) is 22.3 Å². The summed E-state index contributed by atoms with van der Waals surface area (Å²) in [5.41, 5.74) is 5.59. The maximum atomic E-state index is 12.0. The highest BCUT2D eigenvalue weighted by Crippen LogP contribution is 2.25. The van der Waals surface area contributed by atoms with Gasteiger partial charge in [-0.05, 0) is 42.8 Å². The van der Waals surface area contributed by atoms with Gasteiger partial charge in [0.05, 0.1) is 6.21 Å². The predicted octanol–water partition coefficient (Wildman–Crippen LogP) is 5.41. The Labute approximate surface area is 210 Å². The third-order valence-electron chi connectivity index (χ3n) is 4.52. The Kier molecular flexibility index (Phi) is 8.88. The molecule has 0 aliphatic rings. The van der Waals surface area contributed by atoms with Crippen LogP contribution in [0.3, 0.4) is 0 Å². The second kappa shape index (κ2) is 11.8. The second-order valence-corrected chi connectivity index (χ2v) is 8.83. The largest absolute Gasteiger partial charge is 0.488 e. The zero-order chi connectivity index (χ0) is 23.8. The van der Waals surface area contributed by atoms with Gasteiger partial charge in [0.1, 0.15) is 12.4 Å². The number of benzene rings is 3. The number of halogens is 3. The summed E-state index contributed by atoms with van der Waals surface area (Å²) in [7, 11) is 0. The van der Waals surface area contributed by atoms with Crippen LogP contribution in [0.5, 0.6) is 5.75 Å². The average Bonchev–Trinajstić information content (AvgIpc) is 2.79. The fraction of sp³-hybridized carbons (Fsp3) is 0.125. The lowest BCUT2D eigenvalue weighted by molar-refractivity contribution is -0.139. The molecule has 0 spiro atoms. The van der Waals surface area contributed by atoms with Crippen LogP contribution in [0, 0.1) is 6.92 Å². The summed E-state index contributed by atoms with van der Waals surface area (Å²) in [5, 5.41) is 7.48. The summed E-state index contributed by atoms with van der Waals surface area (Å²) < 4.78 is 6.66. The van der Waals surface area contributed by atoms with E-state index in [1.54, 1.807) is 30.3 Å². The maximum absolute atomic E-state index is 12.0. The van der Waals surface area contributed by atoms with E-state index in [4.69, 9.17) is 27.9 Å². The van der Waals surface area contributed by atoms with Crippen molar-refractivity contribution in [3.63, 3.8) is 0 Å². The number of nitrogens with one attached hydrogen (secondary N) is 2. The van der Waals surface area contributed by atoms with E-state index in [9.17, 15) is 9.59 Å². The minimum absolute atomic E-state index is 0.215. The summed E-state index contributed by atoms with van der Waals surface area (Å²) in [5.74, 6) is -1.13. The van der Waals surface area contributed by atoms with Crippen molar-refractivity contribution in [1.29, 1.82) is 0 Å². The Balaban J connectivity index is 1.58. The molecule has 6 nitrogen and oxygen atoms in total. The van der Waals surface area contributed by atoms with Crippen molar-refractivity contribution in [1.82, 2.24) is 10.7 Å². The Morgan fingerprint density at radius 2 is 1.79 bits per heavy atom. The Bertz CT molecular complexity index is 1180. The number of hydrazone groups is 1. The van der Waals surface area contributed by atoms with Crippen molar-refractivity contribution < 1.29 is 14.3 Å². The number of hydrogen-bond donors (Lipinski definition) is 2.